The third kappa shape index (κ3) is 1.43. The molecule has 0 aromatic rings. The normalized spacial score (nSPS) is 29.2. The molecule has 0 bridgehead atoms. The molecular formula is C9H16OS. The second-order valence-electron chi connectivity index (χ2n) is 3.83. The molecule has 0 spiro atoms. The zero-order valence-electron chi connectivity index (χ0n) is 6.83. The molecule has 0 aromatic heterocycles. The standard InChI is InChI=1S/C9H16OS/c10-4-9(7-2-1-3-7)8-5-11-6-8/h7-10H,1-6H2. The topological polar surface area (TPSA) is 20.2 Å². The smallest absolute Gasteiger partial charge is 0.0465 e. The Morgan fingerprint density at radius 1 is 1.27 bits per heavy atom. The minimum atomic E-state index is 0.440. The fourth-order valence-electron chi connectivity index (χ4n) is 2.05. The number of hydrogen-bond acceptors (Lipinski definition) is 2. The molecule has 0 aromatic carbocycles. The summed E-state index contributed by atoms with van der Waals surface area (Å²) in [6, 6.07) is 0. The van der Waals surface area contributed by atoms with Crippen LogP contribution in [0.1, 0.15) is 19.3 Å². The quantitative estimate of drug-likeness (QED) is 0.700. The van der Waals surface area contributed by atoms with Gasteiger partial charge in [0, 0.05) is 6.61 Å². The van der Waals surface area contributed by atoms with Crippen LogP contribution in [0.3, 0.4) is 0 Å². The summed E-state index contributed by atoms with van der Waals surface area (Å²) in [4.78, 5) is 0. The zero-order valence-corrected chi connectivity index (χ0v) is 7.65. The highest BCUT2D eigenvalue weighted by molar-refractivity contribution is 8.00. The van der Waals surface area contributed by atoms with Gasteiger partial charge in [-0.15, -0.1) is 0 Å². The predicted molar refractivity (Wildman–Crippen MR) is 48.7 cm³/mol. The van der Waals surface area contributed by atoms with Gasteiger partial charge in [0.05, 0.1) is 0 Å². The fraction of sp³-hybridized carbons (Fsp3) is 1.00. The van der Waals surface area contributed by atoms with Gasteiger partial charge in [0.25, 0.3) is 0 Å². The van der Waals surface area contributed by atoms with E-state index in [-0.39, 0.29) is 0 Å². The maximum absolute atomic E-state index is 9.19. The number of hydrogen-bond donors (Lipinski definition) is 1. The van der Waals surface area contributed by atoms with Crippen LogP contribution >= 0.6 is 11.8 Å². The van der Waals surface area contributed by atoms with Gasteiger partial charge in [-0.25, -0.2) is 0 Å². The first kappa shape index (κ1) is 7.93. The summed E-state index contributed by atoms with van der Waals surface area (Å²) in [6.45, 7) is 0.440. The summed E-state index contributed by atoms with van der Waals surface area (Å²) in [5.74, 6) is 5.01. The maximum Gasteiger partial charge on any atom is 0.0465 e. The van der Waals surface area contributed by atoms with Crippen molar-refractivity contribution in [1.82, 2.24) is 0 Å². The molecule has 1 atom stereocenters. The first-order chi connectivity index (χ1) is 5.42. The Kier molecular flexibility index (Phi) is 2.42. The van der Waals surface area contributed by atoms with Gasteiger partial charge in [-0.1, -0.05) is 19.3 Å². The molecule has 11 heavy (non-hydrogen) atoms. The Balaban J connectivity index is 1.83. The van der Waals surface area contributed by atoms with E-state index in [2.05, 4.69) is 0 Å². The van der Waals surface area contributed by atoms with Gasteiger partial charge >= 0.3 is 0 Å². The molecular weight excluding hydrogens is 156 g/mol. The lowest BCUT2D eigenvalue weighted by Crippen LogP contribution is -2.37. The molecule has 2 heteroatoms. The molecule has 64 valence electrons. The van der Waals surface area contributed by atoms with Crippen LogP contribution in [0.15, 0.2) is 0 Å². The molecule has 2 aliphatic rings. The minimum Gasteiger partial charge on any atom is -0.396 e. The molecule has 0 radical (unpaired) electrons. The molecule has 1 nitrogen and oxygen atoms in total. The lowest BCUT2D eigenvalue weighted by molar-refractivity contribution is 0.0883. The van der Waals surface area contributed by atoms with Crippen LogP contribution in [-0.4, -0.2) is 23.2 Å². The second kappa shape index (κ2) is 3.36. The lowest BCUT2D eigenvalue weighted by Gasteiger charge is -2.41. The van der Waals surface area contributed by atoms with E-state index in [1.54, 1.807) is 0 Å². The van der Waals surface area contributed by atoms with Crippen molar-refractivity contribution in [3.63, 3.8) is 0 Å². The summed E-state index contributed by atoms with van der Waals surface area (Å²) in [6.07, 6.45) is 4.17. The summed E-state index contributed by atoms with van der Waals surface area (Å²) in [5.41, 5.74) is 0. The molecule has 2 rings (SSSR count). The average molecular weight is 172 g/mol. The van der Waals surface area contributed by atoms with Crippen molar-refractivity contribution in [1.29, 1.82) is 0 Å². The van der Waals surface area contributed by atoms with Crippen molar-refractivity contribution >= 4 is 11.8 Å². The number of aliphatic hydroxyl groups excluding tert-OH is 1. The monoisotopic (exact) mass is 172 g/mol. The van der Waals surface area contributed by atoms with Crippen LogP contribution in [0.5, 0.6) is 0 Å². The Bertz CT molecular complexity index is 116. The summed E-state index contributed by atoms with van der Waals surface area (Å²) >= 11 is 2.03. The van der Waals surface area contributed by atoms with E-state index in [1.807, 2.05) is 11.8 Å². The average Bonchev–Trinajstić information content (AvgIpc) is 1.78. The van der Waals surface area contributed by atoms with Crippen molar-refractivity contribution in [3.8, 4) is 0 Å². The lowest BCUT2D eigenvalue weighted by atomic mass is 9.71. The molecule has 1 saturated heterocycles. The summed E-state index contributed by atoms with van der Waals surface area (Å²) < 4.78 is 0. The van der Waals surface area contributed by atoms with Crippen LogP contribution in [0, 0.1) is 17.8 Å². The molecule has 1 N–H and O–H groups in total. The number of thioether (sulfide) groups is 1. The van der Waals surface area contributed by atoms with E-state index in [4.69, 9.17) is 0 Å². The van der Waals surface area contributed by atoms with E-state index in [9.17, 15) is 5.11 Å². The van der Waals surface area contributed by atoms with Crippen LogP contribution < -0.4 is 0 Å². The maximum atomic E-state index is 9.19. The van der Waals surface area contributed by atoms with Crippen LogP contribution in [0.25, 0.3) is 0 Å². The Hall–Kier alpha value is 0.310. The number of rotatable bonds is 3. The van der Waals surface area contributed by atoms with Crippen molar-refractivity contribution in [2.75, 3.05) is 18.1 Å². The molecule has 1 unspecified atom stereocenters. The second-order valence-corrected chi connectivity index (χ2v) is 4.91. The Morgan fingerprint density at radius 2 is 2.00 bits per heavy atom. The number of aliphatic hydroxyl groups is 1. The molecule has 1 aliphatic carbocycles. The van der Waals surface area contributed by atoms with Crippen molar-refractivity contribution in [2.45, 2.75) is 19.3 Å². The van der Waals surface area contributed by atoms with E-state index < -0.39 is 0 Å². The Labute approximate surface area is 72.6 Å². The minimum absolute atomic E-state index is 0.440. The highest BCUT2D eigenvalue weighted by Gasteiger charge is 2.35. The van der Waals surface area contributed by atoms with Crippen molar-refractivity contribution in [3.05, 3.63) is 0 Å². The summed E-state index contributed by atoms with van der Waals surface area (Å²) in [7, 11) is 0. The van der Waals surface area contributed by atoms with E-state index in [0.717, 1.165) is 11.8 Å². The van der Waals surface area contributed by atoms with E-state index in [0.29, 0.717) is 12.5 Å². The first-order valence-corrected chi connectivity index (χ1v) is 5.76. The third-order valence-electron chi connectivity index (χ3n) is 3.24. The third-order valence-corrected chi connectivity index (χ3v) is 4.56. The van der Waals surface area contributed by atoms with Gasteiger partial charge in [-0.3, -0.25) is 0 Å². The van der Waals surface area contributed by atoms with Gasteiger partial charge in [-0.2, -0.15) is 11.8 Å². The predicted octanol–water partition coefficient (Wildman–Crippen LogP) is 1.76. The van der Waals surface area contributed by atoms with Crippen LogP contribution in [0.4, 0.5) is 0 Å². The highest BCUT2D eigenvalue weighted by Crippen LogP contribution is 2.42. The SMILES string of the molecule is OCC(C1CCC1)C1CSC1. The van der Waals surface area contributed by atoms with Crippen molar-refractivity contribution < 1.29 is 5.11 Å². The van der Waals surface area contributed by atoms with Gasteiger partial charge in [0.15, 0.2) is 0 Å². The highest BCUT2D eigenvalue weighted by atomic mass is 32.2. The fourth-order valence-corrected chi connectivity index (χ4v) is 3.05. The molecule has 1 heterocycles. The Morgan fingerprint density at radius 3 is 2.27 bits per heavy atom. The van der Waals surface area contributed by atoms with Crippen LogP contribution in [0.2, 0.25) is 0 Å². The zero-order chi connectivity index (χ0) is 7.68. The molecule has 0 amide bonds. The molecule has 1 saturated carbocycles. The van der Waals surface area contributed by atoms with Crippen molar-refractivity contribution in [2.24, 2.45) is 17.8 Å². The largest absolute Gasteiger partial charge is 0.396 e. The van der Waals surface area contributed by atoms with Gasteiger partial charge in [0.1, 0.15) is 0 Å². The first-order valence-electron chi connectivity index (χ1n) is 4.60. The van der Waals surface area contributed by atoms with Crippen LogP contribution in [-0.2, 0) is 0 Å². The van der Waals surface area contributed by atoms with Gasteiger partial charge < -0.3 is 5.11 Å². The van der Waals surface area contributed by atoms with E-state index in [1.165, 1.54) is 30.8 Å². The molecule has 1 aliphatic heterocycles. The van der Waals surface area contributed by atoms with E-state index >= 15 is 0 Å². The van der Waals surface area contributed by atoms with Gasteiger partial charge in [-0.05, 0) is 29.3 Å². The summed E-state index contributed by atoms with van der Waals surface area (Å²) in [5, 5.41) is 9.19. The molecule has 2 fully saturated rings. The van der Waals surface area contributed by atoms with Gasteiger partial charge in [0.2, 0.25) is 0 Å².